The summed E-state index contributed by atoms with van der Waals surface area (Å²) >= 11 is 3.19. The van der Waals surface area contributed by atoms with Crippen molar-refractivity contribution in [2.75, 3.05) is 18.4 Å². The first-order valence-corrected chi connectivity index (χ1v) is 10.7. The maximum absolute atomic E-state index is 12.5. The zero-order valence-electron chi connectivity index (χ0n) is 15.4. The molecule has 0 aliphatic carbocycles. The molecule has 1 N–H and O–H groups in total. The van der Waals surface area contributed by atoms with Gasteiger partial charge in [-0.25, -0.2) is 15.0 Å². The van der Waals surface area contributed by atoms with E-state index in [1.165, 1.54) is 17.8 Å². The van der Waals surface area contributed by atoms with Crippen LogP contribution in [-0.4, -0.2) is 38.8 Å². The average Bonchev–Trinajstić information content (AvgIpc) is 3.28. The zero-order valence-corrected chi connectivity index (χ0v) is 17.0. The third-order valence-corrected chi connectivity index (χ3v) is 6.38. The highest BCUT2D eigenvalue weighted by molar-refractivity contribution is 7.16. The predicted molar refractivity (Wildman–Crippen MR) is 110 cm³/mol. The van der Waals surface area contributed by atoms with E-state index in [1.807, 2.05) is 36.3 Å². The van der Waals surface area contributed by atoms with Crippen molar-refractivity contribution < 1.29 is 4.79 Å². The monoisotopic (exact) mass is 399 g/mol. The number of amides is 1. The van der Waals surface area contributed by atoms with Gasteiger partial charge in [-0.05, 0) is 45.2 Å². The Morgan fingerprint density at radius 2 is 1.96 bits per heavy atom. The number of nitrogens with one attached hydrogen (secondary N) is 1. The Hall–Kier alpha value is -2.32. The number of hydrogen-bond donors (Lipinski definition) is 1. The molecule has 0 bridgehead atoms. The topological polar surface area (TPSA) is 71.0 Å². The lowest BCUT2D eigenvalue weighted by atomic mass is 10.1. The van der Waals surface area contributed by atoms with Gasteiger partial charge in [0.15, 0.2) is 5.13 Å². The van der Waals surface area contributed by atoms with Gasteiger partial charge in [-0.3, -0.25) is 4.79 Å². The molecule has 0 radical (unpaired) electrons. The molecule has 27 heavy (non-hydrogen) atoms. The first-order chi connectivity index (χ1) is 13.1. The van der Waals surface area contributed by atoms with Crippen LogP contribution in [0.1, 0.15) is 40.3 Å². The number of carbonyl (C=O) groups is 1. The van der Waals surface area contributed by atoms with Gasteiger partial charge in [0.1, 0.15) is 5.82 Å². The number of nitrogens with zero attached hydrogens (tertiary/aromatic N) is 4. The highest BCUT2D eigenvalue weighted by Crippen LogP contribution is 2.32. The van der Waals surface area contributed by atoms with E-state index in [0.29, 0.717) is 11.4 Å². The molecule has 4 heterocycles. The molecule has 1 saturated heterocycles. The summed E-state index contributed by atoms with van der Waals surface area (Å²) in [6, 6.07) is 3.66. The number of aryl methyl sites for hydroxylation is 2. The first-order valence-electron chi connectivity index (χ1n) is 9.02. The van der Waals surface area contributed by atoms with Crippen LogP contribution in [-0.2, 0) is 0 Å². The van der Waals surface area contributed by atoms with Gasteiger partial charge in [0.25, 0.3) is 5.91 Å². The van der Waals surface area contributed by atoms with Crippen LogP contribution in [0.2, 0.25) is 0 Å². The molecule has 0 unspecified atom stereocenters. The lowest BCUT2D eigenvalue weighted by Crippen LogP contribution is -2.35. The van der Waals surface area contributed by atoms with Gasteiger partial charge < -0.3 is 10.2 Å². The van der Waals surface area contributed by atoms with E-state index in [1.54, 1.807) is 17.5 Å². The fourth-order valence-corrected chi connectivity index (χ4v) is 4.85. The molecule has 1 amide bonds. The van der Waals surface area contributed by atoms with Crippen molar-refractivity contribution in [3.05, 3.63) is 40.0 Å². The van der Waals surface area contributed by atoms with Crippen LogP contribution in [0.15, 0.2) is 23.7 Å². The number of pyridine rings is 1. The molecule has 1 fully saturated rings. The summed E-state index contributed by atoms with van der Waals surface area (Å²) in [6.45, 7) is 5.70. The summed E-state index contributed by atoms with van der Waals surface area (Å²) in [4.78, 5) is 29.0. The summed E-state index contributed by atoms with van der Waals surface area (Å²) < 4.78 is 0. The Morgan fingerprint density at radius 3 is 2.63 bits per heavy atom. The molecule has 0 spiro atoms. The quantitative estimate of drug-likeness (QED) is 0.691. The van der Waals surface area contributed by atoms with Gasteiger partial charge in [-0.2, -0.15) is 0 Å². The molecule has 3 aromatic heterocycles. The van der Waals surface area contributed by atoms with E-state index >= 15 is 0 Å². The second-order valence-electron chi connectivity index (χ2n) is 6.60. The lowest BCUT2D eigenvalue weighted by Gasteiger charge is -2.26. The van der Waals surface area contributed by atoms with Crippen LogP contribution in [0.5, 0.6) is 0 Å². The number of carbonyl (C=O) groups excluding carboxylic acids is 1. The van der Waals surface area contributed by atoms with E-state index < -0.39 is 0 Å². The van der Waals surface area contributed by atoms with Crippen LogP contribution in [0.25, 0.3) is 10.6 Å². The van der Waals surface area contributed by atoms with Crippen LogP contribution >= 0.6 is 22.7 Å². The van der Waals surface area contributed by atoms with Crippen LogP contribution in [0.3, 0.4) is 0 Å². The standard InChI is InChI=1S/C19H21N5OS2/c1-12-17(27-13(2)21-12)15-11-26-19(22-15)23-16-7-6-14(10-20-16)18(25)24-8-4-3-5-9-24/h6-7,10-11H,3-5,8-9H2,1-2H3,(H,20,22,23). The van der Waals surface area contributed by atoms with E-state index in [-0.39, 0.29) is 5.91 Å². The molecule has 3 aromatic rings. The number of rotatable bonds is 4. The Balaban J connectivity index is 1.44. The fourth-order valence-electron chi connectivity index (χ4n) is 3.19. The third kappa shape index (κ3) is 4.01. The number of aromatic nitrogens is 3. The molecule has 0 atom stereocenters. The Morgan fingerprint density at radius 1 is 1.15 bits per heavy atom. The number of anilines is 2. The molecule has 4 rings (SSSR count). The van der Waals surface area contributed by atoms with Crippen LogP contribution < -0.4 is 5.32 Å². The van der Waals surface area contributed by atoms with Crippen molar-refractivity contribution in [3.63, 3.8) is 0 Å². The van der Waals surface area contributed by atoms with Gasteiger partial charge in [0, 0.05) is 24.7 Å². The largest absolute Gasteiger partial charge is 0.339 e. The van der Waals surface area contributed by atoms with Gasteiger partial charge in [0.05, 0.1) is 26.8 Å². The number of piperidine rings is 1. The minimum Gasteiger partial charge on any atom is -0.339 e. The second kappa shape index (κ2) is 7.74. The Kier molecular flexibility index (Phi) is 5.18. The lowest BCUT2D eigenvalue weighted by molar-refractivity contribution is 0.0724. The second-order valence-corrected chi connectivity index (χ2v) is 8.66. The highest BCUT2D eigenvalue weighted by atomic mass is 32.1. The van der Waals surface area contributed by atoms with Gasteiger partial charge in [0.2, 0.25) is 0 Å². The first kappa shape index (κ1) is 18.1. The summed E-state index contributed by atoms with van der Waals surface area (Å²) in [5.41, 5.74) is 2.58. The summed E-state index contributed by atoms with van der Waals surface area (Å²) in [7, 11) is 0. The number of likely N-dealkylation sites (tertiary alicyclic amines) is 1. The van der Waals surface area contributed by atoms with E-state index in [9.17, 15) is 4.79 Å². The molecule has 8 heteroatoms. The van der Waals surface area contributed by atoms with Crippen molar-refractivity contribution in [2.45, 2.75) is 33.1 Å². The molecular weight excluding hydrogens is 378 g/mol. The Bertz CT molecular complexity index is 941. The van der Waals surface area contributed by atoms with Crippen molar-refractivity contribution in [1.82, 2.24) is 19.9 Å². The smallest absolute Gasteiger partial charge is 0.255 e. The van der Waals surface area contributed by atoms with Crippen molar-refractivity contribution in [3.8, 4) is 10.6 Å². The predicted octanol–water partition coefficient (Wildman–Crippen LogP) is 4.65. The van der Waals surface area contributed by atoms with Crippen LogP contribution in [0, 0.1) is 13.8 Å². The maximum atomic E-state index is 12.5. The summed E-state index contributed by atoms with van der Waals surface area (Å²) in [6.07, 6.45) is 5.03. The number of thiazole rings is 2. The van der Waals surface area contributed by atoms with E-state index in [4.69, 9.17) is 0 Å². The molecular formula is C19H21N5OS2. The normalized spacial score (nSPS) is 14.4. The summed E-state index contributed by atoms with van der Waals surface area (Å²) in [5, 5.41) is 7.06. The molecule has 6 nitrogen and oxygen atoms in total. The van der Waals surface area contributed by atoms with Gasteiger partial charge in [-0.1, -0.05) is 0 Å². The summed E-state index contributed by atoms with van der Waals surface area (Å²) in [5.74, 6) is 0.754. The van der Waals surface area contributed by atoms with E-state index in [0.717, 1.165) is 52.3 Å². The van der Waals surface area contributed by atoms with Crippen LogP contribution in [0.4, 0.5) is 10.9 Å². The fraction of sp³-hybridized carbons (Fsp3) is 0.368. The van der Waals surface area contributed by atoms with Gasteiger partial charge >= 0.3 is 0 Å². The number of hydrogen-bond acceptors (Lipinski definition) is 7. The molecule has 1 aliphatic heterocycles. The maximum Gasteiger partial charge on any atom is 0.255 e. The molecule has 0 aromatic carbocycles. The van der Waals surface area contributed by atoms with E-state index in [2.05, 4.69) is 20.3 Å². The molecule has 140 valence electrons. The zero-order chi connectivity index (χ0) is 18.8. The van der Waals surface area contributed by atoms with Crippen molar-refractivity contribution >= 4 is 39.5 Å². The highest BCUT2D eigenvalue weighted by Gasteiger charge is 2.18. The average molecular weight is 400 g/mol. The van der Waals surface area contributed by atoms with Crippen molar-refractivity contribution in [2.24, 2.45) is 0 Å². The minimum atomic E-state index is 0.0707. The molecule has 0 saturated carbocycles. The van der Waals surface area contributed by atoms with Crippen molar-refractivity contribution in [1.29, 1.82) is 0 Å². The molecule has 1 aliphatic rings. The Labute approximate surface area is 166 Å². The minimum absolute atomic E-state index is 0.0707. The van der Waals surface area contributed by atoms with Gasteiger partial charge in [-0.15, -0.1) is 22.7 Å². The third-order valence-electron chi connectivity index (χ3n) is 4.53. The SMILES string of the molecule is Cc1nc(C)c(-c2csc(Nc3ccc(C(=O)N4CCCCC4)cn3)n2)s1.